The first-order chi connectivity index (χ1) is 12.4. The van der Waals surface area contributed by atoms with Crippen LogP contribution in [0.3, 0.4) is 0 Å². The van der Waals surface area contributed by atoms with Gasteiger partial charge in [-0.1, -0.05) is 21.1 Å². The molecule has 2 heterocycles. The molecule has 4 rings (SSSR count). The fraction of sp³-hybridized carbons (Fsp3) is 0.0588. The number of halogens is 1. The maximum Gasteiger partial charge on any atom is 0.270 e. The van der Waals surface area contributed by atoms with Gasteiger partial charge in [-0.3, -0.25) is 14.9 Å². The van der Waals surface area contributed by atoms with Gasteiger partial charge in [-0.25, -0.2) is 0 Å². The van der Waals surface area contributed by atoms with Gasteiger partial charge in [0.15, 0.2) is 0 Å². The van der Waals surface area contributed by atoms with E-state index in [2.05, 4.69) is 31.7 Å². The molecular weight excluding hydrogens is 404 g/mol. The minimum absolute atomic E-state index is 0.114. The molecule has 0 atom stereocenters. The van der Waals surface area contributed by atoms with Gasteiger partial charge in [0.25, 0.3) is 11.6 Å². The summed E-state index contributed by atoms with van der Waals surface area (Å²) in [6.07, 6.45) is 0. The number of nitrogens with one attached hydrogen (secondary N) is 2. The van der Waals surface area contributed by atoms with Crippen molar-refractivity contribution in [2.24, 2.45) is 5.16 Å². The molecule has 0 aliphatic carbocycles. The average molecular weight is 415 g/mol. The van der Waals surface area contributed by atoms with E-state index >= 15 is 0 Å². The summed E-state index contributed by atoms with van der Waals surface area (Å²) in [6, 6.07) is 8.11. The van der Waals surface area contributed by atoms with Gasteiger partial charge >= 0.3 is 0 Å². The van der Waals surface area contributed by atoms with E-state index in [9.17, 15) is 20.1 Å². The summed E-state index contributed by atoms with van der Waals surface area (Å²) in [7, 11) is 0. The van der Waals surface area contributed by atoms with E-state index in [0.29, 0.717) is 33.8 Å². The number of nitro benzene ring substituents is 1. The number of amides is 1. The number of nitro groups is 1. The minimum atomic E-state index is -0.507. The van der Waals surface area contributed by atoms with Gasteiger partial charge in [-0.15, -0.1) is 0 Å². The predicted molar refractivity (Wildman–Crippen MR) is 99.5 cm³/mol. The third-order valence-corrected chi connectivity index (χ3v) is 4.84. The van der Waals surface area contributed by atoms with Crippen molar-refractivity contribution in [3.05, 3.63) is 67.3 Å². The minimum Gasteiger partial charge on any atom is -0.410 e. The highest BCUT2D eigenvalue weighted by molar-refractivity contribution is 9.10. The largest absolute Gasteiger partial charge is 0.410 e. The van der Waals surface area contributed by atoms with Crippen LogP contribution in [0.4, 0.5) is 17.1 Å². The Hall–Kier alpha value is -3.20. The summed E-state index contributed by atoms with van der Waals surface area (Å²) >= 11 is 3.36. The molecule has 0 aromatic heterocycles. The first-order valence-electron chi connectivity index (χ1n) is 7.55. The SMILES string of the molecule is Cc1cc([N+](=O)[O-])cc2c1NC(=O)/C2=C1\Nc2ccc(Br)cc2\C1=N\O. The molecule has 8 nitrogen and oxygen atoms in total. The predicted octanol–water partition coefficient (Wildman–Crippen LogP) is 3.63. The van der Waals surface area contributed by atoms with E-state index in [4.69, 9.17) is 0 Å². The van der Waals surface area contributed by atoms with Crippen LogP contribution in [0.2, 0.25) is 0 Å². The Morgan fingerprint density at radius 2 is 1.96 bits per heavy atom. The van der Waals surface area contributed by atoms with Gasteiger partial charge < -0.3 is 15.8 Å². The summed E-state index contributed by atoms with van der Waals surface area (Å²) in [5.74, 6) is -0.417. The maximum absolute atomic E-state index is 12.6. The fourth-order valence-corrected chi connectivity index (χ4v) is 3.58. The molecule has 0 radical (unpaired) electrons. The van der Waals surface area contributed by atoms with Crippen LogP contribution in [0.1, 0.15) is 16.7 Å². The van der Waals surface area contributed by atoms with E-state index in [-0.39, 0.29) is 17.0 Å². The number of benzene rings is 2. The standard InChI is InChI=1S/C17H11BrN4O4/c1-7-4-9(22(25)26)6-11-13(17(23)20-14(7)11)16-15(21-24)10-5-8(18)2-3-12(10)19-16/h2-6,19,24H,1H3,(H,20,23)/b16-13-,21-15-. The van der Waals surface area contributed by atoms with Gasteiger partial charge in [-0.2, -0.15) is 0 Å². The van der Waals surface area contributed by atoms with Gasteiger partial charge in [0.1, 0.15) is 5.71 Å². The molecule has 0 fully saturated rings. The lowest BCUT2D eigenvalue weighted by molar-refractivity contribution is -0.384. The number of allylic oxidation sites excluding steroid dienone is 1. The number of hydrogen-bond donors (Lipinski definition) is 3. The first-order valence-corrected chi connectivity index (χ1v) is 8.34. The number of nitrogens with zero attached hydrogens (tertiary/aromatic N) is 2. The Labute approximate surface area is 155 Å². The second-order valence-electron chi connectivity index (χ2n) is 5.91. The number of fused-ring (bicyclic) bond motifs is 2. The van der Waals surface area contributed by atoms with Crippen LogP contribution in [-0.4, -0.2) is 21.7 Å². The smallest absolute Gasteiger partial charge is 0.270 e. The molecule has 0 saturated heterocycles. The normalized spacial score (nSPS) is 19.2. The van der Waals surface area contributed by atoms with Crippen molar-refractivity contribution in [2.75, 3.05) is 10.6 Å². The lowest BCUT2D eigenvalue weighted by Crippen LogP contribution is -2.12. The summed E-state index contributed by atoms with van der Waals surface area (Å²) in [5.41, 5.74) is 3.37. The monoisotopic (exact) mass is 414 g/mol. The molecule has 26 heavy (non-hydrogen) atoms. The highest BCUT2D eigenvalue weighted by Crippen LogP contribution is 2.42. The number of carbonyl (C=O) groups excluding carboxylic acids is 1. The Bertz CT molecular complexity index is 1070. The zero-order chi connectivity index (χ0) is 18.6. The molecule has 130 valence electrons. The number of non-ortho nitro benzene ring substituents is 1. The number of aryl methyl sites for hydroxylation is 1. The maximum atomic E-state index is 12.6. The molecule has 3 N–H and O–H groups in total. The van der Waals surface area contributed by atoms with E-state index in [1.165, 1.54) is 12.1 Å². The summed E-state index contributed by atoms with van der Waals surface area (Å²) in [6.45, 7) is 1.69. The van der Waals surface area contributed by atoms with Crippen LogP contribution in [0.25, 0.3) is 5.57 Å². The zero-order valence-corrected chi connectivity index (χ0v) is 14.9. The second-order valence-corrected chi connectivity index (χ2v) is 6.83. The van der Waals surface area contributed by atoms with Crippen molar-refractivity contribution < 1.29 is 14.9 Å². The van der Waals surface area contributed by atoms with Crippen molar-refractivity contribution in [1.82, 2.24) is 0 Å². The van der Waals surface area contributed by atoms with Crippen molar-refractivity contribution in [3.63, 3.8) is 0 Å². The Morgan fingerprint density at radius 1 is 1.19 bits per heavy atom. The molecule has 0 bridgehead atoms. The van der Waals surface area contributed by atoms with Crippen molar-refractivity contribution in [1.29, 1.82) is 0 Å². The fourth-order valence-electron chi connectivity index (χ4n) is 3.22. The Balaban J connectivity index is 1.98. The van der Waals surface area contributed by atoms with E-state index in [1.807, 2.05) is 6.07 Å². The third kappa shape index (κ3) is 2.28. The van der Waals surface area contributed by atoms with Crippen LogP contribution < -0.4 is 10.6 Å². The Morgan fingerprint density at radius 3 is 2.65 bits per heavy atom. The molecule has 2 aliphatic rings. The van der Waals surface area contributed by atoms with E-state index < -0.39 is 10.8 Å². The number of carbonyl (C=O) groups is 1. The van der Waals surface area contributed by atoms with Crippen molar-refractivity contribution in [3.8, 4) is 0 Å². The van der Waals surface area contributed by atoms with Crippen LogP contribution in [0.5, 0.6) is 0 Å². The molecule has 2 aromatic carbocycles. The highest BCUT2D eigenvalue weighted by atomic mass is 79.9. The lowest BCUT2D eigenvalue weighted by Gasteiger charge is -2.06. The van der Waals surface area contributed by atoms with Crippen LogP contribution in [-0.2, 0) is 4.79 Å². The number of rotatable bonds is 1. The summed E-state index contributed by atoms with van der Waals surface area (Å²) in [4.78, 5) is 23.3. The summed E-state index contributed by atoms with van der Waals surface area (Å²) in [5, 5.41) is 29.9. The van der Waals surface area contributed by atoms with E-state index in [1.54, 1.807) is 19.1 Å². The number of anilines is 2. The Kier molecular flexibility index (Phi) is 3.55. The van der Waals surface area contributed by atoms with Crippen molar-refractivity contribution in [2.45, 2.75) is 6.92 Å². The molecule has 0 spiro atoms. The highest BCUT2D eigenvalue weighted by Gasteiger charge is 2.36. The van der Waals surface area contributed by atoms with Crippen molar-refractivity contribution >= 4 is 50.2 Å². The zero-order valence-electron chi connectivity index (χ0n) is 13.3. The second kappa shape index (κ2) is 5.67. The average Bonchev–Trinajstić information content (AvgIpc) is 3.10. The topological polar surface area (TPSA) is 117 Å². The van der Waals surface area contributed by atoms with Gasteiger partial charge in [0, 0.05) is 33.4 Å². The van der Waals surface area contributed by atoms with Gasteiger partial charge in [-0.05, 0) is 30.7 Å². The summed E-state index contributed by atoms with van der Waals surface area (Å²) < 4.78 is 0.785. The molecule has 9 heteroatoms. The van der Waals surface area contributed by atoms with Crippen LogP contribution >= 0.6 is 15.9 Å². The molecular formula is C17H11BrN4O4. The first kappa shape index (κ1) is 16.3. The number of hydrogen-bond acceptors (Lipinski definition) is 6. The molecule has 2 aromatic rings. The van der Waals surface area contributed by atoms with Gasteiger partial charge in [0.05, 0.1) is 21.9 Å². The molecule has 0 unspecified atom stereocenters. The lowest BCUT2D eigenvalue weighted by atomic mass is 9.99. The van der Waals surface area contributed by atoms with Gasteiger partial charge in [0.2, 0.25) is 0 Å². The number of oxime groups is 1. The van der Waals surface area contributed by atoms with Crippen LogP contribution in [0.15, 0.2) is 45.7 Å². The third-order valence-electron chi connectivity index (χ3n) is 4.35. The van der Waals surface area contributed by atoms with E-state index in [0.717, 1.165) is 4.47 Å². The molecule has 2 aliphatic heterocycles. The molecule has 0 saturated carbocycles. The van der Waals surface area contributed by atoms with Crippen LogP contribution in [0, 0.1) is 17.0 Å². The molecule has 1 amide bonds. The quantitative estimate of drug-likeness (QED) is 0.285.